The molecule has 1 aromatic heterocycles. The number of aromatic hydroxyl groups is 2. The van der Waals surface area contributed by atoms with Gasteiger partial charge in [0.25, 0.3) is 5.91 Å². The lowest BCUT2D eigenvalue weighted by molar-refractivity contribution is 0.0934. The zero-order chi connectivity index (χ0) is 15.6. The van der Waals surface area contributed by atoms with E-state index in [1.807, 2.05) is 13.8 Å². The van der Waals surface area contributed by atoms with Gasteiger partial charge >= 0.3 is 0 Å². The van der Waals surface area contributed by atoms with Crippen LogP contribution in [0, 0.1) is 13.8 Å². The number of phenols is 2. The van der Waals surface area contributed by atoms with Gasteiger partial charge in [-0.2, -0.15) is 0 Å². The Morgan fingerprint density at radius 1 is 1.29 bits per heavy atom. The largest absolute Gasteiger partial charge is 0.508 e. The van der Waals surface area contributed by atoms with E-state index in [1.54, 1.807) is 6.92 Å². The Kier molecular flexibility index (Phi) is 4.16. The number of rotatable bonds is 4. The Hall–Kier alpha value is -2.50. The molecule has 21 heavy (non-hydrogen) atoms. The van der Waals surface area contributed by atoms with Crippen LogP contribution >= 0.6 is 0 Å². The number of hydrogen-bond donors (Lipinski definition) is 3. The monoisotopic (exact) mass is 290 g/mol. The van der Waals surface area contributed by atoms with Crippen molar-refractivity contribution in [1.29, 1.82) is 0 Å². The van der Waals surface area contributed by atoms with E-state index in [2.05, 4.69) is 10.5 Å². The minimum atomic E-state index is -0.381. The molecule has 0 saturated carbocycles. The summed E-state index contributed by atoms with van der Waals surface area (Å²) in [7, 11) is 0. The maximum Gasteiger partial charge on any atom is 0.252 e. The number of amides is 1. The van der Waals surface area contributed by atoms with Crippen molar-refractivity contribution in [3.63, 3.8) is 0 Å². The van der Waals surface area contributed by atoms with Gasteiger partial charge in [-0.1, -0.05) is 12.1 Å². The standard InChI is InChI=1S/C15H18N2O4/c1-4-13(14-8(2)17-21-9(14)3)16-15(20)10-5-11(18)7-12(19)6-10/h5-7,13,18-19H,4H2,1-3H3,(H,16,20)/t13-/m1/s1. The SMILES string of the molecule is CC[C@@H](NC(=O)c1cc(O)cc(O)c1)c1c(C)noc1C. The number of carbonyl (C=O) groups excluding carboxylic acids is 1. The molecule has 0 bridgehead atoms. The van der Waals surface area contributed by atoms with Gasteiger partial charge in [0.1, 0.15) is 17.3 Å². The lowest BCUT2D eigenvalue weighted by Gasteiger charge is -2.17. The average molecular weight is 290 g/mol. The third-order valence-corrected chi connectivity index (χ3v) is 3.32. The van der Waals surface area contributed by atoms with E-state index in [4.69, 9.17) is 4.52 Å². The van der Waals surface area contributed by atoms with Crippen molar-refractivity contribution < 1.29 is 19.5 Å². The maximum atomic E-state index is 12.3. The first-order valence-electron chi connectivity index (χ1n) is 6.69. The van der Waals surface area contributed by atoms with Gasteiger partial charge in [-0.25, -0.2) is 0 Å². The Bertz CT molecular complexity index is 624. The number of nitrogens with one attached hydrogen (secondary N) is 1. The van der Waals surface area contributed by atoms with Crippen LogP contribution in [0.1, 0.15) is 46.8 Å². The molecule has 0 aliphatic carbocycles. The lowest BCUT2D eigenvalue weighted by Crippen LogP contribution is -2.28. The summed E-state index contributed by atoms with van der Waals surface area (Å²) in [5.74, 6) is -0.0393. The second-order valence-electron chi connectivity index (χ2n) is 4.91. The molecule has 6 heteroatoms. The van der Waals surface area contributed by atoms with Crippen molar-refractivity contribution in [1.82, 2.24) is 10.5 Å². The van der Waals surface area contributed by atoms with E-state index in [9.17, 15) is 15.0 Å². The predicted octanol–water partition coefficient (Wildman–Crippen LogP) is 2.58. The van der Waals surface area contributed by atoms with Crippen LogP contribution in [0.2, 0.25) is 0 Å². The van der Waals surface area contributed by atoms with Gasteiger partial charge < -0.3 is 20.1 Å². The zero-order valence-corrected chi connectivity index (χ0v) is 12.2. The molecule has 0 spiro atoms. The molecule has 0 aliphatic heterocycles. The van der Waals surface area contributed by atoms with Crippen LogP contribution in [0.4, 0.5) is 0 Å². The summed E-state index contributed by atoms with van der Waals surface area (Å²) in [5.41, 5.74) is 1.78. The summed E-state index contributed by atoms with van der Waals surface area (Å²) in [6, 6.07) is 3.53. The van der Waals surface area contributed by atoms with Crippen LogP contribution in [-0.2, 0) is 0 Å². The third-order valence-electron chi connectivity index (χ3n) is 3.32. The van der Waals surface area contributed by atoms with Crippen molar-refractivity contribution in [2.45, 2.75) is 33.2 Å². The molecule has 2 rings (SSSR count). The fourth-order valence-electron chi connectivity index (χ4n) is 2.33. The molecule has 0 fully saturated rings. The smallest absolute Gasteiger partial charge is 0.252 e. The van der Waals surface area contributed by atoms with Gasteiger partial charge in [0.15, 0.2) is 0 Å². The predicted molar refractivity (Wildman–Crippen MR) is 76.2 cm³/mol. The third kappa shape index (κ3) is 3.16. The Morgan fingerprint density at radius 2 is 1.90 bits per heavy atom. The van der Waals surface area contributed by atoms with E-state index in [-0.39, 0.29) is 29.0 Å². The molecule has 1 amide bonds. The average Bonchev–Trinajstić information content (AvgIpc) is 2.74. The Morgan fingerprint density at radius 3 is 2.38 bits per heavy atom. The summed E-state index contributed by atoms with van der Waals surface area (Å²) in [5, 5.41) is 25.6. The van der Waals surface area contributed by atoms with Crippen molar-refractivity contribution in [2.24, 2.45) is 0 Å². The fourth-order valence-corrected chi connectivity index (χ4v) is 2.33. The summed E-state index contributed by atoms with van der Waals surface area (Å²) in [6.07, 6.45) is 0.666. The molecule has 0 unspecified atom stereocenters. The first kappa shape index (κ1) is 14.9. The topological polar surface area (TPSA) is 95.6 Å². The highest BCUT2D eigenvalue weighted by atomic mass is 16.5. The molecule has 0 radical (unpaired) electrons. The van der Waals surface area contributed by atoms with Gasteiger partial charge in [-0.3, -0.25) is 4.79 Å². The van der Waals surface area contributed by atoms with Gasteiger partial charge in [-0.15, -0.1) is 0 Å². The Balaban J connectivity index is 2.24. The van der Waals surface area contributed by atoms with Crippen molar-refractivity contribution in [2.75, 3.05) is 0 Å². The Labute approximate surface area is 122 Å². The van der Waals surface area contributed by atoms with Crippen LogP contribution in [0.15, 0.2) is 22.7 Å². The molecule has 2 aromatic rings. The number of aromatic nitrogens is 1. The molecule has 0 aliphatic rings. The quantitative estimate of drug-likeness (QED) is 0.804. The highest BCUT2D eigenvalue weighted by Crippen LogP contribution is 2.25. The molecule has 1 heterocycles. The molecule has 112 valence electrons. The van der Waals surface area contributed by atoms with Crippen LogP contribution in [-0.4, -0.2) is 21.3 Å². The molecule has 1 atom stereocenters. The summed E-state index contributed by atoms with van der Waals surface area (Å²) >= 11 is 0. The molecule has 6 nitrogen and oxygen atoms in total. The van der Waals surface area contributed by atoms with Crippen LogP contribution in [0.5, 0.6) is 11.5 Å². The number of nitrogens with zero attached hydrogens (tertiary/aromatic N) is 1. The van der Waals surface area contributed by atoms with Crippen molar-refractivity contribution >= 4 is 5.91 Å². The molecule has 1 aromatic carbocycles. The number of aryl methyl sites for hydroxylation is 2. The zero-order valence-electron chi connectivity index (χ0n) is 12.2. The minimum Gasteiger partial charge on any atom is -0.508 e. The molecular formula is C15H18N2O4. The van der Waals surface area contributed by atoms with Crippen LogP contribution < -0.4 is 5.32 Å². The van der Waals surface area contributed by atoms with E-state index >= 15 is 0 Å². The minimum absolute atomic E-state index is 0.162. The van der Waals surface area contributed by atoms with E-state index in [1.165, 1.54) is 18.2 Å². The van der Waals surface area contributed by atoms with Gasteiger partial charge in [0.05, 0.1) is 11.7 Å². The number of phenolic OH excluding ortho intramolecular Hbond substituents is 2. The highest BCUT2D eigenvalue weighted by Gasteiger charge is 2.21. The first-order valence-corrected chi connectivity index (χ1v) is 6.69. The van der Waals surface area contributed by atoms with E-state index < -0.39 is 0 Å². The van der Waals surface area contributed by atoms with Crippen LogP contribution in [0.25, 0.3) is 0 Å². The van der Waals surface area contributed by atoms with Gasteiger partial charge in [0, 0.05) is 17.2 Å². The number of hydrogen-bond acceptors (Lipinski definition) is 5. The summed E-state index contributed by atoms with van der Waals surface area (Å²) < 4.78 is 5.12. The van der Waals surface area contributed by atoms with Crippen molar-refractivity contribution in [3.05, 3.63) is 40.8 Å². The molecule has 0 saturated heterocycles. The number of benzene rings is 1. The van der Waals surface area contributed by atoms with Gasteiger partial charge in [-0.05, 0) is 32.4 Å². The lowest BCUT2D eigenvalue weighted by atomic mass is 10.0. The molecular weight excluding hydrogens is 272 g/mol. The first-order chi connectivity index (χ1) is 9.92. The summed E-state index contributed by atoms with van der Waals surface area (Å²) in [4.78, 5) is 12.3. The highest BCUT2D eigenvalue weighted by molar-refractivity contribution is 5.95. The fraction of sp³-hybridized carbons (Fsp3) is 0.333. The normalized spacial score (nSPS) is 12.1. The van der Waals surface area contributed by atoms with E-state index in [0.717, 1.165) is 11.3 Å². The van der Waals surface area contributed by atoms with Crippen LogP contribution in [0.3, 0.4) is 0 Å². The second-order valence-corrected chi connectivity index (χ2v) is 4.91. The second kappa shape index (κ2) is 5.87. The maximum absolute atomic E-state index is 12.3. The van der Waals surface area contributed by atoms with Gasteiger partial charge in [0.2, 0.25) is 0 Å². The van der Waals surface area contributed by atoms with E-state index in [0.29, 0.717) is 12.2 Å². The summed E-state index contributed by atoms with van der Waals surface area (Å²) in [6.45, 7) is 5.56. The number of carbonyl (C=O) groups is 1. The van der Waals surface area contributed by atoms with Crippen molar-refractivity contribution in [3.8, 4) is 11.5 Å². The molecule has 3 N–H and O–H groups in total.